The standard InChI is InChI=1S/C20H14F3N3O/c1-27-18-9-5-3-7-13(18)17-10-14(15(11-24)19(25)26-17)12-6-2-4-8-16(12)20(21,22)23/h2-10H,1H3,(H2,25,26). The SMILES string of the molecule is COc1ccccc1-c1cc(-c2ccccc2C(F)(F)F)c(C#N)c(N)n1. The number of pyridine rings is 1. The molecule has 0 saturated carbocycles. The van der Waals surface area contributed by atoms with E-state index in [9.17, 15) is 18.4 Å². The van der Waals surface area contributed by atoms with Crippen molar-refractivity contribution in [2.45, 2.75) is 6.18 Å². The number of rotatable bonds is 3. The first-order valence-electron chi connectivity index (χ1n) is 7.87. The van der Waals surface area contributed by atoms with Gasteiger partial charge in [0.05, 0.1) is 18.4 Å². The lowest BCUT2D eigenvalue weighted by molar-refractivity contribution is -0.137. The van der Waals surface area contributed by atoms with Crippen molar-refractivity contribution in [1.82, 2.24) is 4.98 Å². The van der Waals surface area contributed by atoms with E-state index < -0.39 is 11.7 Å². The molecule has 1 heterocycles. The Hall–Kier alpha value is -3.53. The number of nitrogens with zero attached hydrogens (tertiary/aromatic N) is 2. The first-order valence-corrected chi connectivity index (χ1v) is 7.87. The van der Waals surface area contributed by atoms with Gasteiger partial charge in [-0.25, -0.2) is 4.98 Å². The van der Waals surface area contributed by atoms with Gasteiger partial charge in [-0.05, 0) is 29.8 Å². The van der Waals surface area contributed by atoms with Crippen LogP contribution in [0.2, 0.25) is 0 Å². The van der Waals surface area contributed by atoms with Crippen molar-refractivity contribution in [3.05, 3.63) is 65.7 Å². The van der Waals surface area contributed by atoms with E-state index >= 15 is 0 Å². The molecular formula is C20H14F3N3O. The predicted molar refractivity (Wildman–Crippen MR) is 95.8 cm³/mol. The summed E-state index contributed by atoms with van der Waals surface area (Å²) in [6.45, 7) is 0. The highest BCUT2D eigenvalue weighted by Gasteiger charge is 2.34. The second kappa shape index (κ2) is 7.00. The van der Waals surface area contributed by atoms with Crippen LogP contribution in [0.15, 0.2) is 54.6 Å². The van der Waals surface area contributed by atoms with Gasteiger partial charge in [0.25, 0.3) is 0 Å². The molecule has 0 fully saturated rings. The summed E-state index contributed by atoms with van der Waals surface area (Å²) in [6, 6.07) is 15.3. The highest BCUT2D eigenvalue weighted by molar-refractivity contribution is 5.83. The fourth-order valence-corrected chi connectivity index (χ4v) is 2.85. The van der Waals surface area contributed by atoms with Gasteiger partial charge in [-0.3, -0.25) is 0 Å². The number of hydrogen-bond donors (Lipinski definition) is 1. The Morgan fingerprint density at radius 3 is 2.26 bits per heavy atom. The fourth-order valence-electron chi connectivity index (χ4n) is 2.85. The Morgan fingerprint density at radius 2 is 1.63 bits per heavy atom. The van der Waals surface area contributed by atoms with Gasteiger partial charge < -0.3 is 10.5 Å². The lowest BCUT2D eigenvalue weighted by Gasteiger charge is -2.16. The van der Waals surface area contributed by atoms with Crippen molar-refractivity contribution in [1.29, 1.82) is 5.26 Å². The highest BCUT2D eigenvalue weighted by Crippen LogP contribution is 2.40. The lowest BCUT2D eigenvalue weighted by atomic mass is 9.94. The van der Waals surface area contributed by atoms with Crippen molar-refractivity contribution < 1.29 is 17.9 Å². The van der Waals surface area contributed by atoms with Crippen molar-refractivity contribution in [3.63, 3.8) is 0 Å². The minimum absolute atomic E-state index is 0.0684. The molecular weight excluding hydrogens is 355 g/mol. The van der Waals surface area contributed by atoms with Crippen molar-refractivity contribution in [3.8, 4) is 34.2 Å². The molecule has 0 unspecified atom stereocenters. The van der Waals surface area contributed by atoms with Gasteiger partial charge >= 0.3 is 6.18 Å². The van der Waals surface area contributed by atoms with Crippen molar-refractivity contribution >= 4 is 5.82 Å². The normalized spacial score (nSPS) is 11.1. The number of hydrogen-bond acceptors (Lipinski definition) is 4. The molecule has 2 N–H and O–H groups in total. The summed E-state index contributed by atoms with van der Waals surface area (Å²) in [6.07, 6.45) is -4.58. The number of nitrogen functional groups attached to an aromatic ring is 1. The Balaban J connectivity index is 2.32. The van der Waals surface area contributed by atoms with Gasteiger partial charge in [0.2, 0.25) is 0 Å². The molecule has 7 heteroatoms. The summed E-state index contributed by atoms with van der Waals surface area (Å²) in [5.74, 6) is 0.344. The molecule has 3 aromatic rings. The first kappa shape index (κ1) is 18.3. The third-order valence-corrected chi connectivity index (χ3v) is 4.06. The van der Waals surface area contributed by atoms with Gasteiger partial charge in [0, 0.05) is 11.1 Å². The maximum atomic E-state index is 13.5. The number of methoxy groups -OCH3 is 1. The molecule has 2 aromatic carbocycles. The molecule has 136 valence electrons. The summed E-state index contributed by atoms with van der Waals surface area (Å²) < 4.78 is 45.7. The molecule has 0 aliphatic heterocycles. The van der Waals surface area contributed by atoms with Gasteiger partial charge in [0.1, 0.15) is 23.2 Å². The molecule has 0 atom stereocenters. The molecule has 0 saturated heterocycles. The molecule has 0 spiro atoms. The summed E-state index contributed by atoms with van der Waals surface area (Å²) in [5.41, 5.74) is 5.76. The Labute approximate surface area is 153 Å². The summed E-state index contributed by atoms with van der Waals surface area (Å²) in [7, 11) is 1.48. The minimum atomic E-state index is -4.58. The zero-order chi connectivity index (χ0) is 19.6. The van der Waals surface area contributed by atoms with E-state index in [2.05, 4.69) is 4.98 Å². The Kier molecular flexibility index (Phi) is 4.74. The van der Waals surface area contributed by atoms with E-state index in [0.717, 1.165) is 6.07 Å². The zero-order valence-electron chi connectivity index (χ0n) is 14.2. The van der Waals surface area contributed by atoms with Crippen LogP contribution in [0.3, 0.4) is 0 Å². The minimum Gasteiger partial charge on any atom is -0.496 e. The molecule has 0 bridgehead atoms. The number of alkyl halides is 3. The van der Waals surface area contributed by atoms with Crippen LogP contribution >= 0.6 is 0 Å². The Morgan fingerprint density at radius 1 is 1.00 bits per heavy atom. The number of nitriles is 1. The highest BCUT2D eigenvalue weighted by atomic mass is 19.4. The molecule has 3 rings (SSSR count). The van der Waals surface area contributed by atoms with Crippen molar-refractivity contribution in [2.24, 2.45) is 0 Å². The van der Waals surface area contributed by atoms with Gasteiger partial charge in [-0.15, -0.1) is 0 Å². The van der Waals surface area contributed by atoms with E-state index in [1.807, 2.05) is 6.07 Å². The van der Waals surface area contributed by atoms with Crippen LogP contribution in [0.4, 0.5) is 19.0 Å². The molecule has 0 aliphatic rings. The number of halogens is 3. The summed E-state index contributed by atoms with van der Waals surface area (Å²) in [5, 5.41) is 9.44. The molecule has 1 aromatic heterocycles. The lowest BCUT2D eigenvalue weighted by Crippen LogP contribution is -2.08. The van der Waals surface area contributed by atoms with E-state index in [4.69, 9.17) is 10.5 Å². The Bertz CT molecular complexity index is 1040. The smallest absolute Gasteiger partial charge is 0.417 e. The van der Waals surface area contributed by atoms with Gasteiger partial charge in [-0.1, -0.05) is 30.3 Å². The van der Waals surface area contributed by atoms with Crippen LogP contribution in [0.5, 0.6) is 5.75 Å². The van der Waals surface area contributed by atoms with E-state index in [-0.39, 0.29) is 22.5 Å². The van der Waals surface area contributed by atoms with E-state index in [1.54, 1.807) is 24.3 Å². The van der Waals surface area contributed by atoms with Crippen LogP contribution in [-0.2, 0) is 6.18 Å². The summed E-state index contributed by atoms with van der Waals surface area (Å²) >= 11 is 0. The van der Waals surface area contributed by atoms with Crippen molar-refractivity contribution in [2.75, 3.05) is 12.8 Å². The average molecular weight is 369 g/mol. The number of para-hydroxylation sites is 1. The third kappa shape index (κ3) is 3.42. The maximum absolute atomic E-state index is 13.5. The third-order valence-electron chi connectivity index (χ3n) is 4.06. The number of ether oxygens (including phenoxy) is 1. The zero-order valence-corrected chi connectivity index (χ0v) is 14.2. The number of aromatic nitrogens is 1. The van der Waals surface area contributed by atoms with Gasteiger partial charge in [-0.2, -0.15) is 18.4 Å². The molecule has 4 nitrogen and oxygen atoms in total. The molecule has 0 radical (unpaired) electrons. The first-order chi connectivity index (χ1) is 12.9. The number of nitrogens with two attached hydrogens (primary N) is 1. The predicted octanol–water partition coefficient (Wildman–Crippen LogP) is 4.90. The second-order valence-electron chi connectivity index (χ2n) is 5.67. The number of anilines is 1. The average Bonchev–Trinajstić information content (AvgIpc) is 2.66. The molecule has 27 heavy (non-hydrogen) atoms. The van der Waals surface area contributed by atoms with Crippen LogP contribution in [-0.4, -0.2) is 12.1 Å². The second-order valence-corrected chi connectivity index (χ2v) is 5.67. The fraction of sp³-hybridized carbons (Fsp3) is 0.100. The van der Waals surface area contributed by atoms with E-state index in [0.29, 0.717) is 17.0 Å². The number of benzene rings is 2. The summed E-state index contributed by atoms with van der Waals surface area (Å²) in [4.78, 5) is 4.19. The van der Waals surface area contributed by atoms with Crippen LogP contribution in [0.25, 0.3) is 22.4 Å². The largest absolute Gasteiger partial charge is 0.496 e. The van der Waals surface area contributed by atoms with Crippen LogP contribution in [0, 0.1) is 11.3 Å². The van der Waals surface area contributed by atoms with E-state index in [1.165, 1.54) is 31.4 Å². The van der Waals surface area contributed by atoms with Crippen LogP contribution in [0.1, 0.15) is 11.1 Å². The maximum Gasteiger partial charge on any atom is 0.417 e. The van der Waals surface area contributed by atoms with Gasteiger partial charge in [0.15, 0.2) is 0 Å². The quantitative estimate of drug-likeness (QED) is 0.713. The molecule has 0 aliphatic carbocycles. The topological polar surface area (TPSA) is 71.9 Å². The van der Waals surface area contributed by atoms with Crippen LogP contribution < -0.4 is 10.5 Å². The molecule has 0 amide bonds. The monoisotopic (exact) mass is 369 g/mol.